The molecule has 0 atom stereocenters. The van der Waals surface area contributed by atoms with Crippen molar-refractivity contribution in [2.24, 2.45) is 0 Å². The number of carboxylic acids is 1. The van der Waals surface area contributed by atoms with Gasteiger partial charge < -0.3 is 15.6 Å². The SMILES string of the molecule is CC1(C)CN(S(=O)(=O)c2ccc(C(=O)O)cc2N)CCO1. The molecule has 1 aliphatic heterocycles. The number of anilines is 1. The molecule has 0 amide bonds. The van der Waals surface area contributed by atoms with Gasteiger partial charge in [0.1, 0.15) is 4.90 Å². The van der Waals surface area contributed by atoms with Crippen molar-refractivity contribution in [3.8, 4) is 0 Å². The maximum absolute atomic E-state index is 12.6. The first-order chi connectivity index (χ1) is 9.63. The van der Waals surface area contributed by atoms with Crippen LogP contribution >= 0.6 is 0 Å². The fraction of sp³-hybridized carbons (Fsp3) is 0.462. The first-order valence-corrected chi connectivity index (χ1v) is 7.84. The van der Waals surface area contributed by atoms with E-state index in [0.29, 0.717) is 6.61 Å². The van der Waals surface area contributed by atoms with Crippen LogP contribution in [0.25, 0.3) is 0 Å². The predicted octanol–water partition coefficient (Wildman–Crippen LogP) is 0.767. The highest BCUT2D eigenvalue weighted by atomic mass is 32.2. The minimum atomic E-state index is -3.77. The van der Waals surface area contributed by atoms with Gasteiger partial charge in [-0.2, -0.15) is 4.31 Å². The van der Waals surface area contributed by atoms with Crippen molar-refractivity contribution in [1.29, 1.82) is 0 Å². The molecule has 0 spiro atoms. The van der Waals surface area contributed by atoms with Gasteiger partial charge in [-0.15, -0.1) is 0 Å². The van der Waals surface area contributed by atoms with Crippen LogP contribution in [0.4, 0.5) is 5.69 Å². The molecule has 21 heavy (non-hydrogen) atoms. The molecule has 1 heterocycles. The average Bonchev–Trinajstić information content (AvgIpc) is 2.36. The van der Waals surface area contributed by atoms with Gasteiger partial charge in [-0.25, -0.2) is 13.2 Å². The van der Waals surface area contributed by atoms with E-state index in [-0.39, 0.29) is 29.2 Å². The predicted molar refractivity (Wildman–Crippen MR) is 76.6 cm³/mol. The summed E-state index contributed by atoms with van der Waals surface area (Å²) in [6.45, 7) is 4.39. The van der Waals surface area contributed by atoms with E-state index in [0.717, 1.165) is 6.07 Å². The second kappa shape index (κ2) is 5.28. The van der Waals surface area contributed by atoms with E-state index < -0.39 is 21.6 Å². The lowest BCUT2D eigenvalue weighted by Crippen LogP contribution is -2.50. The van der Waals surface area contributed by atoms with Crippen LogP contribution in [0.3, 0.4) is 0 Å². The average molecular weight is 314 g/mol. The third-order valence-corrected chi connectivity index (χ3v) is 5.18. The molecular weight excluding hydrogens is 296 g/mol. The number of rotatable bonds is 3. The van der Waals surface area contributed by atoms with Crippen LogP contribution in [0.15, 0.2) is 23.1 Å². The fourth-order valence-electron chi connectivity index (χ4n) is 2.23. The van der Waals surface area contributed by atoms with E-state index in [2.05, 4.69) is 0 Å². The lowest BCUT2D eigenvalue weighted by atomic mass is 10.1. The smallest absolute Gasteiger partial charge is 0.335 e. The van der Waals surface area contributed by atoms with E-state index in [1.54, 1.807) is 0 Å². The highest BCUT2D eigenvalue weighted by molar-refractivity contribution is 7.89. The Bertz CT molecular complexity index is 669. The lowest BCUT2D eigenvalue weighted by Gasteiger charge is -2.37. The number of hydrogen-bond donors (Lipinski definition) is 2. The number of aromatic carboxylic acids is 1. The van der Waals surface area contributed by atoms with Crippen molar-refractivity contribution in [3.63, 3.8) is 0 Å². The summed E-state index contributed by atoms with van der Waals surface area (Å²) in [6.07, 6.45) is 0. The van der Waals surface area contributed by atoms with Crippen molar-refractivity contribution >= 4 is 21.7 Å². The van der Waals surface area contributed by atoms with Crippen molar-refractivity contribution in [2.45, 2.75) is 24.3 Å². The number of nitrogen functional groups attached to an aromatic ring is 1. The van der Waals surface area contributed by atoms with Crippen LogP contribution in [0.1, 0.15) is 24.2 Å². The fourth-order valence-corrected chi connectivity index (χ4v) is 3.90. The molecule has 116 valence electrons. The normalized spacial score (nSPS) is 19.3. The summed E-state index contributed by atoms with van der Waals surface area (Å²) >= 11 is 0. The zero-order valence-electron chi connectivity index (χ0n) is 11.9. The third kappa shape index (κ3) is 3.17. The van der Waals surface area contributed by atoms with Crippen molar-refractivity contribution in [2.75, 3.05) is 25.4 Å². The van der Waals surface area contributed by atoms with Gasteiger partial charge in [-0.1, -0.05) is 0 Å². The number of benzene rings is 1. The molecule has 7 nitrogen and oxygen atoms in total. The molecule has 1 aromatic carbocycles. The van der Waals surface area contributed by atoms with Gasteiger partial charge in [-0.3, -0.25) is 0 Å². The Hall–Kier alpha value is -1.64. The molecule has 0 bridgehead atoms. The monoisotopic (exact) mass is 314 g/mol. The molecule has 0 aromatic heterocycles. The molecule has 8 heteroatoms. The van der Waals surface area contributed by atoms with Crippen LogP contribution < -0.4 is 5.73 Å². The Kier molecular flexibility index (Phi) is 3.96. The molecular formula is C13H18N2O5S. The van der Waals surface area contributed by atoms with Crippen LogP contribution in [-0.2, 0) is 14.8 Å². The number of nitrogens with zero attached hydrogens (tertiary/aromatic N) is 1. The Morgan fingerprint density at radius 1 is 1.43 bits per heavy atom. The molecule has 0 aliphatic carbocycles. The standard InChI is InChI=1S/C13H18N2O5S/c1-13(2)8-15(5-6-20-13)21(18,19)11-4-3-9(12(16)17)7-10(11)14/h3-4,7H,5-6,8,14H2,1-2H3,(H,16,17). The topological polar surface area (TPSA) is 110 Å². The number of sulfonamides is 1. The molecule has 0 radical (unpaired) electrons. The summed E-state index contributed by atoms with van der Waals surface area (Å²) in [6, 6.07) is 3.62. The van der Waals surface area contributed by atoms with Gasteiger partial charge in [0.2, 0.25) is 10.0 Å². The van der Waals surface area contributed by atoms with Gasteiger partial charge in [0.15, 0.2) is 0 Å². The largest absolute Gasteiger partial charge is 0.478 e. The molecule has 0 saturated carbocycles. The van der Waals surface area contributed by atoms with Crippen LogP contribution in [0.2, 0.25) is 0 Å². The summed E-state index contributed by atoms with van der Waals surface area (Å²) in [5.41, 5.74) is 5.03. The second-order valence-electron chi connectivity index (χ2n) is 5.50. The summed E-state index contributed by atoms with van der Waals surface area (Å²) in [7, 11) is -3.77. The molecule has 2 rings (SSSR count). The maximum atomic E-state index is 12.6. The number of carbonyl (C=O) groups is 1. The van der Waals surface area contributed by atoms with Crippen molar-refractivity contribution in [1.82, 2.24) is 4.31 Å². The molecule has 0 unspecified atom stereocenters. The number of morpholine rings is 1. The number of nitrogens with two attached hydrogens (primary N) is 1. The summed E-state index contributed by atoms with van der Waals surface area (Å²) < 4.78 is 32.0. The van der Waals surface area contributed by atoms with Crippen LogP contribution in [-0.4, -0.2) is 49.1 Å². The quantitative estimate of drug-likeness (QED) is 0.797. The van der Waals surface area contributed by atoms with Crippen LogP contribution in [0, 0.1) is 0 Å². The number of carboxylic acid groups (broad SMARTS) is 1. The number of ether oxygens (including phenoxy) is 1. The van der Waals surface area contributed by atoms with E-state index in [1.807, 2.05) is 13.8 Å². The molecule has 3 N–H and O–H groups in total. The Labute approximate surface area is 123 Å². The highest BCUT2D eigenvalue weighted by Crippen LogP contribution is 2.27. The molecule has 1 aromatic rings. The molecule has 1 aliphatic rings. The lowest BCUT2D eigenvalue weighted by molar-refractivity contribution is -0.0640. The van der Waals surface area contributed by atoms with Crippen molar-refractivity contribution < 1.29 is 23.1 Å². The van der Waals surface area contributed by atoms with E-state index in [1.165, 1.54) is 16.4 Å². The van der Waals surface area contributed by atoms with Gasteiger partial charge in [-0.05, 0) is 32.0 Å². The minimum absolute atomic E-state index is 0.0474. The van der Waals surface area contributed by atoms with E-state index in [4.69, 9.17) is 15.6 Å². The molecule has 1 saturated heterocycles. The zero-order valence-corrected chi connectivity index (χ0v) is 12.7. The summed E-state index contributed by atoms with van der Waals surface area (Å²) in [4.78, 5) is 10.8. The third-order valence-electron chi connectivity index (χ3n) is 3.27. The van der Waals surface area contributed by atoms with Crippen molar-refractivity contribution in [3.05, 3.63) is 23.8 Å². The second-order valence-corrected chi connectivity index (χ2v) is 7.41. The van der Waals surface area contributed by atoms with Gasteiger partial charge in [0.25, 0.3) is 0 Å². The Morgan fingerprint density at radius 2 is 2.10 bits per heavy atom. The maximum Gasteiger partial charge on any atom is 0.335 e. The summed E-state index contributed by atoms with van der Waals surface area (Å²) in [5, 5.41) is 8.89. The highest BCUT2D eigenvalue weighted by Gasteiger charge is 2.35. The van der Waals surface area contributed by atoms with E-state index >= 15 is 0 Å². The van der Waals surface area contributed by atoms with Gasteiger partial charge in [0.05, 0.1) is 23.5 Å². The number of hydrogen-bond acceptors (Lipinski definition) is 5. The van der Waals surface area contributed by atoms with Gasteiger partial charge in [0, 0.05) is 13.1 Å². The van der Waals surface area contributed by atoms with E-state index in [9.17, 15) is 13.2 Å². The first-order valence-electron chi connectivity index (χ1n) is 6.40. The zero-order chi connectivity index (χ0) is 15.8. The minimum Gasteiger partial charge on any atom is -0.478 e. The summed E-state index contributed by atoms with van der Waals surface area (Å²) in [5.74, 6) is -1.15. The Balaban J connectivity index is 2.38. The Morgan fingerprint density at radius 3 is 2.62 bits per heavy atom. The van der Waals surface area contributed by atoms with Crippen LogP contribution in [0.5, 0.6) is 0 Å². The first kappa shape index (κ1) is 15.7. The molecule has 1 fully saturated rings. The van der Waals surface area contributed by atoms with Gasteiger partial charge >= 0.3 is 5.97 Å².